The Bertz CT molecular complexity index is 57.8. The van der Waals surface area contributed by atoms with E-state index in [2.05, 4.69) is 0 Å². The second kappa shape index (κ2) is 5.70. The average Bonchev–Trinajstić information content (AvgIpc) is 0.722. The molecule has 0 aliphatic carbocycles. The normalized spacial score (nSPS) is 8.43. The fourth-order valence-corrected chi connectivity index (χ4v) is 0. The van der Waals surface area contributed by atoms with Crippen molar-refractivity contribution >= 4 is 7.82 Å². The molecule has 0 amide bonds. The SMILES string of the molecule is O=P([O-])([O-])[O-].[Ag+].[Ti+2]. The molecule has 0 bridgehead atoms. The van der Waals surface area contributed by atoms with Crippen molar-refractivity contribution in [1.82, 2.24) is 0 Å². The van der Waals surface area contributed by atoms with Crippen molar-refractivity contribution in [3.63, 3.8) is 0 Å². The van der Waals surface area contributed by atoms with Crippen LogP contribution in [-0.2, 0) is 48.7 Å². The minimum Gasteiger partial charge on any atom is -0.822 e. The molecule has 7 heteroatoms. The van der Waals surface area contributed by atoms with Gasteiger partial charge in [-0.3, -0.25) is 0 Å². The van der Waals surface area contributed by atoms with E-state index in [1.807, 2.05) is 0 Å². The van der Waals surface area contributed by atoms with Crippen LogP contribution in [0.15, 0.2) is 0 Å². The van der Waals surface area contributed by atoms with Crippen LogP contribution in [0.1, 0.15) is 0 Å². The van der Waals surface area contributed by atoms with Crippen molar-refractivity contribution in [2.75, 3.05) is 0 Å². The minimum atomic E-state index is -5.39. The summed E-state index contributed by atoms with van der Waals surface area (Å²) in [6.07, 6.45) is 0. The average molecular weight is 251 g/mol. The first-order valence-corrected chi connectivity index (χ1v) is 2.19. The van der Waals surface area contributed by atoms with Crippen molar-refractivity contribution in [2.45, 2.75) is 0 Å². The van der Waals surface area contributed by atoms with Crippen LogP contribution in [0, 0.1) is 0 Å². The van der Waals surface area contributed by atoms with E-state index in [4.69, 9.17) is 19.2 Å². The van der Waals surface area contributed by atoms with E-state index in [0.717, 1.165) is 0 Å². The van der Waals surface area contributed by atoms with E-state index in [1.54, 1.807) is 0 Å². The van der Waals surface area contributed by atoms with E-state index in [0.29, 0.717) is 0 Å². The Morgan fingerprint density at radius 1 is 1.14 bits per heavy atom. The van der Waals surface area contributed by atoms with Gasteiger partial charge < -0.3 is 19.2 Å². The molecule has 7 heavy (non-hydrogen) atoms. The van der Waals surface area contributed by atoms with Gasteiger partial charge in [0.15, 0.2) is 0 Å². The van der Waals surface area contributed by atoms with Gasteiger partial charge in [0.1, 0.15) is 0 Å². The second-order valence-electron chi connectivity index (χ2n) is 0.447. The third-order valence-electron chi connectivity index (χ3n) is 0. The molecule has 0 aromatic rings. The molecule has 4 nitrogen and oxygen atoms in total. The summed E-state index contributed by atoms with van der Waals surface area (Å²) in [6.45, 7) is 0. The largest absolute Gasteiger partial charge is 2.00 e. The summed E-state index contributed by atoms with van der Waals surface area (Å²) < 4.78 is 8.55. The summed E-state index contributed by atoms with van der Waals surface area (Å²) in [7, 11) is -5.39. The summed E-state index contributed by atoms with van der Waals surface area (Å²) in [5.74, 6) is 0. The summed E-state index contributed by atoms with van der Waals surface area (Å²) >= 11 is 0. The molecule has 0 fully saturated rings. The smallest absolute Gasteiger partial charge is 0.822 e. The van der Waals surface area contributed by atoms with Gasteiger partial charge in [-0.1, -0.05) is 0 Å². The van der Waals surface area contributed by atoms with Crippen LogP contribution in [0.25, 0.3) is 0 Å². The van der Waals surface area contributed by atoms with Crippen LogP contribution in [-0.4, -0.2) is 0 Å². The van der Waals surface area contributed by atoms with Crippen LogP contribution in [0.5, 0.6) is 0 Å². The molecule has 0 spiro atoms. The molecule has 0 radical (unpaired) electrons. The first-order valence-electron chi connectivity index (χ1n) is 0.730. The van der Waals surface area contributed by atoms with Gasteiger partial charge in [0.2, 0.25) is 0 Å². The Kier molecular flexibility index (Phi) is 12.9. The Balaban J connectivity index is -0.0000000800. The standard InChI is InChI=1S/Ag.H3O4P.Ti/c;1-5(2,3)4;/h;(H3,1,2,3,4);/q+1;;+2/p-3. The number of phosphoric acid groups is 1. The first-order chi connectivity index (χ1) is 2.00. The molecule has 0 saturated carbocycles. The third-order valence-corrected chi connectivity index (χ3v) is 0. The van der Waals surface area contributed by atoms with Crippen molar-refractivity contribution in [3.05, 3.63) is 0 Å². The zero-order valence-corrected chi connectivity index (χ0v) is 6.82. The Morgan fingerprint density at radius 2 is 1.14 bits per heavy atom. The number of hydrogen-bond acceptors (Lipinski definition) is 4. The van der Waals surface area contributed by atoms with E-state index in [-0.39, 0.29) is 44.1 Å². The van der Waals surface area contributed by atoms with Crippen LogP contribution in [0.4, 0.5) is 0 Å². The molecule has 0 N–H and O–H groups in total. The summed E-state index contributed by atoms with van der Waals surface area (Å²) in [4.78, 5) is 25.6. The predicted molar refractivity (Wildman–Crippen MR) is 7.61 cm³/mol. The topological polar surface area (TPSA) is 86.2 Å². The fourth-order valence-electron chi connectivity index (χ4n) is 0. The van der Waals surface area contributed by atoms with Gasteiger partial charge >= 0.3 is 44.1 Å². The van der Waals surface area contributed by atoms with E-state index in [9.17, 15) is 0 Å². The fraction of sp³-hybridized carbons (Fsp3) is 0. The van der Waals surface area contributed by atoms with Gasteiger partial charge in [-0.2, -0.15) is 7.82 Å². The quantitative estimate of drug-likeness (QED) is 0.343. The molecule has 0 rings (SSSR count). The third kappa shape index (κ3) is 95.7. The van der Waals surface area contributed by atoms with Crippen LogP contribution in [0.2, 0.25) is 0 Å². The number of rotatable bonds is 0. The molecule has 0 heterocycles. The maximum atomic E-state index is 8.55. The van der Waals surface area contributed by atoms with Crippen molar-refractivity contribution in [1.29, 1.82) is 0 Å². The van der Waals surface area contributed by atoms with Gasteiger partial charge in [0.25, 0.3) is 0 Å². The zero-order chi connectivity index (χ0) is 4.50. The zero-order valence-electron chi connectivity index (χ0n) is 2.88. The Labute approximate surface area is 70.9 Å². The maximum absolute atomic E-state index is 8.55. The Morgan fingerprint density at radius 3 is 1.14 bits per heavy atom. The molecule has 0 aromatic heterocycles. The maximum Gasteiger partial charge on any atom is 2.00 e. The van der Waals surface area contributed by atoms with Crippen LogP contribution in [0.3, 0.4) is 0 Å². The summed E-state index contributed by atoms with van der Waals surface area (Å²) in [5, 5.41) is 0. The molecule has 0 saturated heterocycles. The van der Waals surface area contributed by atoms with Gasteiger partial charge in [0.05, 0.1) is 0 Å². The van der Waals surface area contributed by atoms with Crippen molar-refractivity contribution in [2.24, 2.45) is 0 Å². The predicted octanol–water partition coefficient (Wildman–Crippen LogP) is -2.83. The molecule has 0 aliphatic rings. The number of hydrogen-bond donors (Lipinski definition) is 0. The Hall–Kier alpha value is 1.56. The molecule has 0 unspecified atom stereocenters. The monoisotopic (exact) mass is 250 g/mol. The van der Waals surface area contributed by atoms with Gasteiger partial charge in [-0.25, -0.2) is 0 Å². The molecular weight excluding hydrogens is 251 g/mol. The molecule has 0 aromatic carbocycles. The van der Waals surface area contributed by atoms with E-state index in [1.165, 1.54) is 0 Å². The van der Waals surface area contributed by atoms with Crippen LogP contribution >= 0.6 is 7.82 Å². The van der Waals surface area contributed by atoms with Gasteiger partial charge in [0, 0.05) is 0 Å². The summed E-state index contributed by atoms with van der Waals surface area (Å²) in [5.41, 5.74) is 0. The second-order valence-corrected chi connectivity index (χ2v) is 1.34. The van der Waals surface area contributed by atoms with Crippen LogP contribution < -0.4 is 14.7 Å². The van der Waals surface area contributed by atoms with Crippen molar-refractivity contribution < 1.29 is 63.3 Å². The van der Waals surface area contributed by atoms with Gasteiger partial charge in [-0.15, -0.1) is 0 Å². The molecule has 0 aliphatic heterocycles. The molecular formula is AgO4PTi. The minimum absolute atomic E-state index is 0. The van der Waals surface area contributed by atoms with E-state index < -0.39 is 7.82 Å². The summed E-state index contributed by atoms with van der Waals surface area (Å²) in [6, 6.07) is 0. The van der Waals surface area contributed by atoms with E-state index >= 15 is 0 Å². The van der Waals surface area contributed by atoms with Crippen molar-refractivity contribution in [3.8, 4) is 0 Å². The molecule has 0 atom stereocenters. The van der Waals surface area contributed by atoms with Gasteiger partial charge in [-0.05, 0) is 0 Å². The first kappa shape index (κ1) is 15.8. The molecule has 44 valence electrons.